The predicted octanol–water partition coefficient (Wildman–Crippen LogP) is 1.57. The van der Waals surface area contributed by atoms with Crippen molar-refractivity contribution in [1.82, 2.24) is 0 Å². The Bertz CT molecular complexity index is 622. The first-order valence-corrected chi connectivity index (χ1v) is 7.41. The molecule has 2 aliphatic rings. The standard InChI is InChI=1S/C12H12FNO3S/c13-9-3-4-11-10(5-9)12(15)7-18(16,17)14(11)6-8-1-2-8/h3-5,8H,1-2,6-7H2. The van der Waals surface area contributed by atoms with Gasteiger partial charge in [0.15, 0.2) is 5.78 Å². The van der Waals surface area contributed by atoms with E-state index in [1.54, 1.807) is 0 Å². The Morgan fingerprint density at radius 3 is 2.72 bits per heavy atom. The SMILES string of the molecule is O=C1CS(=O)(=O)N(CC2CC2)c2ccc(F)cc21. The summed E-state index contributed by atoms with van der Waals surface area (Å²) in [4.78, 5) is 11.7. The molecule has 6 heteroatoms. The number of benzene rings is 1. The van der Waals surface area contributed by atoms with Crippen molar-refractivity contribution in [3.8, 4) is 0 Å². The molecule has 0 N–H and O–H groups in total. The number of hydrogen-bond acceptors (Lipinski definition) is 3. The Morgan fingerprint density at radius 1 is 1.33 bits per heavy atom. The van der Waals surface area contributed by atoms with Gasteiger partial charge in [-0.05, 0) is 37.0 Å². The molecule has 0 atom stereocenters. The molecule has 96 valence electrons. The average Bonchev–Trinajstić information content (AvgIpc) is 3.08. The number of nitrogens with zero attached hydrogens (tertiary/aromatic N) is 1. The number of anilines is 1. The van der Waals surface area contributed by atoms with Crippen LogP contribution in [0.3, 0.4) is 0 Å². The van der Waals surface area contributed by atoms with Gasteiger partial charge in [0.05, 0.1) is 5.69 Å². The van der Waals surface area contributed by atoms with Crippen LogP contribution in [0.1, 0.15) is 23.2 Å². The molecule has 0 radical (unpaired) electrons. The van der Waals surface area contributed by atoms with Gasteiger partial charge < -0.3 is 0 Å². The summed E-state index contributed by atoms with van der Waals surface area (Å²) in [5.74, 6) is -1.24. The molecule has 1 aliphatic heterocycles. The van der Waals surface area contributed by atoms with Gasteiger partial charge >= 0.3 is 0 Å². The van der Waals surface area contributed by atoms with Crippen LogP contribution in [-0.2, 0) is 10.0 Å². The van der Waals surface area contributed by atoms with Gasteiger partial charge in [-0.15, -0.1) is 0 Å². The number of carbonyl (C=O) groups excluding carboxylic acids is 1. The second-order valence-electron chi connectivity index (χ2n) is 4.82. The van der Waals surface area contributed by atoms with Crippen molar-refractivity contribution < 1.29 is 17.6 Å². The van der Waals surface area contributed by atoms with Gasteiger partial charge in [0, 0.05) is 12.1 Å². The fraction of sp³-hybridized carbons (Fsp3) is 0.417. The Kier molecular flexibility index (Phi) is 2.45. The summed E-state index contributed by atoms with van der Waals surface area (Å²) < 4.78 is 38.4. The lowest BCUT2D eigenvalue weighted by molar-refractivity contribution is 0.101. The smallest absolute Gasteiger partial charge is 0.242 e. The quantitative estimate of drug-likeness (QED) is 0.819. The van der Waals surface area contributed by atoms with Gasteiger partial charge in [0.25, 0.3) is 0 Å². The van der Waals surface area contributed by atoms with Gasteiger partial charge in [-0.2, -0.15) is 0 Å². The van der Waals surface area contributed by atoms with Crippen molar-refractivity contribution in [2.24, 2.45) is 5.92 Å². The zero-order valence-corrected chi connectivity index (χ0v) is 10.4. The molecule has 3 rings (SSSR count). The normalized spacial score (nSPS) is 21.8. The third kappa shape index (κ3) is 1.90. The third-order valence-electron chi connectivity index (χ3n) is 3.30. The highest BCUT2D eigenvalue weighted by molar-refractivity contribution is 7.93. The van der Waals surface area contributed by atoms with Gasteiger partial charge in [-0.1, -0.05) is 0 Å². The van der Waals surface area contributed by atoms with E-state index in [9.17, 15) is 17.6 Å². The molecule has 0 unspecified atom stereocenters. The average molecular weight is 269 g/mol. The van der Waals surface area contributed by atoms with Crippen molar-refractivity contribution in [2.45, 2.75) is 12.8 Å². The summed E-state index contributed by atoms with van der Waals surface area (Å²) in [5.41, 5.74) is 0.491. The summed E-state index contributed by atoms with van der Waals surface area (Å²) in [6, 6.07) is 3.68. The van der Waals surface area contributed by atoms with Gasteiger partial charge in [0.2, 0.25) is 10.0 Å². The first kappa shape index (κ1) is 11.6. The van der Waals surface area contributed by atoms with Crippen LogP contribution in [0.4, 0.5) is 10.1 Å². The van der Waals surface area contributed by atoms with Gasteiger partial charge in [0.1, 0.15) is 11.6 Å². The largest absolute Gasteiger partial charge is 0.293 e. The van der Waals surface area contributed by atoms with E-state index in [0.717, 1.165) is 18.9 Å². The van der Waals surface area contributed by atoms with Gasteiger partial charge in [-0.3, -0.25) is 9.10 Å². The van der Waals surface area contributed by atoms with E-state index in [-0.39, 0.29) is 5.56 Å². The number of fused-ring (bicyclic) bond motifs is 1. The zero-order chi connectivity index (χ0) is 12.9. The van der Waals surface area contributed by atoms with E-state index in [0.29, 0.717) is 18.2 Å². The van der Waals surface area contributed by atoms with Crippen LogP contribution in [0.2, 0.25) is 0 Å². The Hall–Kier alpha value is -1.43. The molecular weight excluding hydrogens is 257 g/mol. The van der Waals surface area contributed by atoms with Crippen molar-refractivity contribution in [1.29, 1.82) is 0 Å². The summed E-state index contributed by atoms with van der Waals surface area (Å²) in [5, 5.41) is 0. The fourth-order valence-electron chi connectivity index (χ4n) is 2.17. The fourth-order valence-corrected chi connectivity index (χ4v) is 3.71. The van der Waals surface area contributed by atoms with Crippen LogP contribution in [0.15, 0.2) is 18.2 Å². The molecule has 1 heterocycles. The number of rotatable bonds is 2. The molecule has 0 saturated heterocycles. The number of halogens is 1. The molecule has 0 amide bonds. The molecule has 0 bridgehead atoms. The molecular formula is C12H12FNO3S. The molecule has 1 aromatic carbocycles. The van der Waals surface area contributed by atoms with Gasteiger partial charge in [-0.25, -0.2) is 12.8 Å². The molecule has 18 heavy (non-hydrogen) atoms. The van der Waals surface area contributed by atoms with Crippen molar-refractivity contribution in [3.63, 3.8) is 0 Å². The predicted molar refractivity (Wildman–Crippen MR) is 64.6 cm³/mol. The highest BCUT2D eigenvalue weighted by Crippen LogP contribution is 2.36. The summed E-state index contributed by atoms with van der Waals surface area (Å²) >= 11 is 0. The molecule has 0 aromatic heterocycles. The number of hydrogen-bond donors (Lipinski definition) is 0. The van der Waals surface area contributed by atoms with E-state index in [1.165, 1.54) is 16.4 Å². The lowest BCUT2D eigenvalue weighted by Crippen LogP contribution is -2.41. The monoisotopic (exact) mass is 269 g/mol. The first-order valence-electron chi connectivity index (χ1n) is 5.80. The summed E-state index contributed by atoms with van der Waals surface area (Å²) in [6.45, 7) is 0.397. The van der Waals surface area contributed by atoms with E-state index in [2.05, 4.69) is 0 Å². The highest BCUT2D eigenvalue weighted by Gasteiger charge is 2.38. The zero-order valence-electron chi connectivity index (χ0n) is 9.60. The minimum Gasteiger partial charge on any atom is -0.293 e. The molecule has 1 saturated carbocycles. The number of sulfonamides is 1. The van der Waals surface area contributed by atoms with Crippen LogP contribution in [0.25, 0.3) is 0 Å². The Morgan fingerprint density at radius 2 is 2.06 bits per heavy atom. The minimum absolute atomic E-state index is 0.172. The van der Waals surface area contributed by atoms with Crippen molar-refractivity contribution >= 4 is 21.5 Å². The maximum atomic E-state index is 13.1. The maximum Gasteiger partial charge on any atom is 0.242 e. The summed E-state index contributed by atoms with van der Waals surface area (Å²) in [7, 11) is -3.59. The third-order valence-corrected chi connectivity index (χ3v) is 4.94. The minimum atomic E-state index is -3.59. The highest BCUT2D eigenvalue weighted by atomic mass is 32.2. The lowest BCUT2D eigenvalue weighted by Gasteiger charge is -2.29. The Labute approximate surface area is 104 Å². The van der Waals surface area contributed by atoms with Crippen LogP contribution in [0, 0.1) is 11.7 Å². The van der Waals surface area contributed by atoms with Crippen LogP contribution in [0.5, 0.6) is 0 Å². The molecule has 1 aromatic rings. The van der Waals surface area contributed by atoms with Crippen LogP contribution >= 0.6 is 0 Å². The molecule has 0 spiro atoms. The topological polar surface area (TPSA) is 54.5 Å². The number of carbonyl (C=O) groups is 1. The molecule has 4 nitrogen and oxygen atoms in total. The van der Waals surface area contributed by atoms with E-state index >= 15 is 0 Å². The lowest BCUT2D eigenvalue weighted by atomic mass is 10.1. The number of Topliss-reactive ketones (excluding diaryl/α,β-unsaturated/α-hetero) is 1. The van der Waals surface area contributed by atoms with E-state index < -0.39 is 27.4 Å². The Balaban J connectivity index is 2.11. The van der Waals surface area contributed by atoms with Crippen molar-refractivity contribution in [2.75, 3.05) is 16.6 Å². The van der Waals surface area contributed by atoms with Crippen LogP contribution < -0.4 is 4.31 Å². The van der Waals surface area contributed by atoms with E-state index in [1.807, 2.05) is 0 Å². The first-order chi connectivity index (χ1) is 8.47. The van der Waals surface area contributed by atoms with Crippen molar-refractivity contribution in [3.05, 3.63) is 29.6 Å². The van der Waals surface area contributed by atoms with Crippen LogP contribution in [-0.4, -0.2) is 26.5 Å². The number of ketones is 1. The molecule has 1 aliphatic carbocycles. The second kappa shape index (κ2) is 3.78. The molecule has 1 fully saturated rings. The van der Waals surface area contributed by atoms with E-state index in [4.69, 9.17) is 0 Å². The maximum absolute atomic E-state index is 13.1. The summed E-state index contributed by atoms with van der Waals surface area (Å²) in [6.07, 6.45) is 2.02. The second-order valence-corrected chi connectivity index (χ2v) is 6.71.